The number of nitro benzene ring substituents is 1. The second-order valence-corrected chi connectivity index (χ2v) is 4.79. The highest BCUT2D eigenvalue weighted by molar-refractivity contribution is 5.85. The molecule has 0 saturated heterocycles. The predicted octanol–water partition coefficient (Wildman–Crippen LogP) is 1.92. The van der Waals surface area contributed by atoms with E-state index in [-0.39, 0.29) is 11.4 Å². The third-order valence-corrected chi connectivity index (χ3v) is 3.08. The number of amides is 1. The third-order valence-electron chi connectivity index (χ3n) is 3.08. The summed E-state index contributed by atoms with van der Waals surface area (Å²) in [6.07, 6.45) is 0. The van der Waals surface area contributed by atoms with E-state index in [1.54, 1.807) is 30.3 Å². The second kappa shape index (κ2) is 7.73. The van der Waals surface area contributed by atoms with E-state index in [9.17, 15) is 24.8 Å². The molecule has 124 valence electrons. The molecular weight excluding hydrogens is 316 g/mol. The van der Waals surface area contributed by atoms with Crippen molar-refractivity contribution < 1.29 is 24.4 Å². The Kier molecular flexibility index (Phi) is 5.45. The Hall–Kier alpha value is -3.42. The first-order valence-corrected chi connectivity index (χ1v) is 6.92. The summed E-state index contributed by atoms with van der Waals surface area (Å²) in [5.74, 6) is -1.71. The van der Waals surface area contributed by atoms with Crippen LogP contribution in [0, 0.1) is 10.1 Å². The molecule has 8 nitrogen and oxygen atoms in total. The zero-order valence-corrected chi connectivity index (χ0v) is 12.4. The quantitative estimate of drug-likeness (QED) is 0.591. The number of nitrogens with one attached hydrogen (secondary N) is 1. The minimum atomic E-state index is -1.20. The minimum Gasteiger partial charge on any atom is -0.484 e. The lowest BCUT2D eigenvalue weighted by atomic mass is 10.1. The smallest absolute Gasteiger partial charge is 0.330 e. The van der Waals surface area contributed by atoms with Crippen LogP contribution in [0.25, 0.3) is 0 Å². The Morgan fingerprint density at radius 1 is 1.17 bits per heavy atom. The van der Waals surface area contributed by atoms with Crippen molar-refractivity contribution in [3.05, 3.63) is 70.3 Å². The molecule has 2 aromatic rings. The third kappa shape index (κ3) is 4.54. The molecule has 1 amide bonds. The zero-order chi connectivity index (χ0) is 17.5. The summed E-state index contributed by atoms with van der Waals surface area (Å²) in [7, 11) is 0. The molecule has 8 heteroatoms. The van der Waals surface area contributed by atoms with Crippen molar-refractivity contribution in [3.8, 4) is 5.75 Å². The molecule has 1 atom stereocenters. The molecule has 0 aliphatic heterocycles. The molecule has 0 heterocycles. The number of rotatable bonds is 7. The zero-order valence-electron chi connectivity index (χ0n) is 12.4. The van der Waals surface area contributed by atoms with Gasteiger partial charge in [0.15, 0.2) is 12.6 Å². The lowest BCUT2D eigenvalue weighted by Crippen LogP contribution is -2.36. The fraction of sp³-hybridized carbons (Fsp3) is 0.125. The van der Waals surface area contributed by atoms with Crippen LogP contribution in [0.1, 0.15) is 11.6 Å². The van der Waals surface area contributed by atoms with E-state index < -0.39 is 29.4 Å². The molecular formula is C16H14N2O6. The van der Waals surface area contributed by atoms with Gasteiger partial charge in [-0.3, -0.25) is 14.9 Å². The van der Waals surface area contributed by atoms with E-state index in [4.69, 9.17) is 4.74 Å². The maximum atomic E-state index is 11.9. The molecule has 2 aromatic carbocycles. The Balaban J connectivity index is 1.98. The number of benzene rings is 2. The van der Waals surface area contributed by atoms with E-state index in [1.807, 2.05) is 0 Å². The number of carboxylic acid groups (broad SMARTS) is 1. The van der Waals surface area contributed by atoms with Crippen LogP contribution in [-0.2, 0) is 9.59 Å². The van der Waals surface area contributed by atoms with Crippen LogP contribution in [0.5, 0.6) is 5.75 Å². The first-order valence-electron chi connectivity index (χ1n) is 6.92. The fourth-order valence-corrected chi connectivity index (χ4v) is 1.97. The molecule has 0 aliphatic rings. The Morgan fingerprint density at radius 3 is 2.50 bits per heavy atom. The van der Waals surface area contributed by atoms with Gasteiger partial charge in [0.05, 0.1) is 11.0 Å². The highest BCUT2D eigenvalue weighted by Crippen LogP contribution is 2.19. The molecule has 24 heavy (non-hydrogen) atoms. The molecule has 0 spiro atoms. The largest absolute Gasteiger partial charge is 0.484 e. The minimum absolute atomic E-state index is 0.144. The van der Waals surface area contributed by atoms with Gasteiger partial charge in [0.2, 0.25) is 0 Å². The van der Waals surface area contributed by atoms with Crippen LogP contribution in [0.2, 0.25) is 0 Å². The lowest BCUT2D eigenvalue weighted by Gasteiger charge is -2.15. The average Bonchev–Trinajstić information content (AvgIpc) is 2.58. The Labute approximate surface area is 136 Å². The maximum absolute atomic E-state index is 11.9. The monoisotopic (exact) mass is 330 g/mol. The van der Waals surface area contributed by atoms with Crippen LogP contribution in [-0.4, -0.2) is 28.5 Å². The van der Waals surface area contributed by atoms with E-state index in [0.717, 1.165) is 0 Å². The van der Waals surface area contributed by atoms with Gasteiger partial charge in [0.1, 0.15) is 5.75 Å². The summed E-state index contributed by atoms with van der Waals surface area (Å²) in [5.41, 5.74) is 0.259. The molecule has 0 saturated carbocycles. The number of aliphatic carboxylic acids is 1. The van der Waals surface area contributed by atoms with Crippen molar-refractivity contribution in [2.75, 3.05) is 6.61 Å². The summed E-state index contributed by atoms with van der Waals surface area (Å²) in [6, 6.07) is 12.4. The van der Waals surface area contributed by atoms with Crippen LogP contribution < -0.4 is 10.1 Å². The van der Waals surface area contributed by atoms with Crippen LogP contribution in [0.3, 0.4) is 0 Å². The van der Waals surface area contributed by atoms with E-state index in [0.29, 0.717) is 5.56 Å². The molecule has 0 unspecified atom stereocenters. The number of ether oxygens (including phenoxy) is 1. The molecule has 0 aliphatic carbocycles. The van der Waals surface area contributed by atoms with E-state index in [2.05, 4.69) is 5.32 Å². The number of carbonyl (C=O) groups is 2. The first kappa shape index (κ1) is 16.9. The Bertz CT molecular complexity index is 747. The van der Waals surface area contributed by atoms with Crippen molar-refractivity contribution in [2.45, 2.75) is 6.04 Å². The van der Waals surface area contributed by atoms with Gasteiger partial charge in [-0.05, 0) is 11.6 Å². The SMILES string of the molecule is O=C(COc1cccc([N+](=O)[O-])c1)N[C@H](C(=O)O)c1ccccc1. The van der Waals surface area contributed by atoms with Crippen LogP contribution >= 0.6 is 0 Å². The first-order chi connectivity index (χ1) is 11.5. The normalized spacial score (nSPS) is 11.3. The van der Waals surface area contributed by atoms with Crippen molar-refractivity contribution in [1.82, 2.24) is 5.32 Å². The van der Waals surface area contributed by atoms with Crippen LogP contribution in [0.4, 0.5) is 5.69 Å². The van der Waals surface area contributed by atoms with Gasteiger partial charge in [0.25, 0.3) is 11.6 Å². The second-order valence-electron chi connectivity index (χ2n) is 4.79. The van der Waals surface area contributed by atoms with Gasteiger partial charge in [-0.15, -0.1) is 0 Å². The summed E-state index contributed by atoms with van der Waals surface area (Å²) in [5, 5.41) is 22.2. The van der Waals surface area contributed by atoms with Gasteiger partial charge < -0.3 is 15.2 Å². The van der Waals surface area contributed by atoms with Gasteiger partial charge in [0, 0.05) is 6.07 Å². The summed E-state index contributed by atoms with van der Waals surface area (Å²) in [6.45, 7) is -0.461. The molecule has 0 bridgehead atoms. The highest BCUT2D eigenvalue weighted by atomic mass is 16.6. The number of carboxylic acids is 1. The van der Waals surface area contributed by atoms with Crippen molar-refractivity contribution in [1.29, 1.82) is 0 Å². The summed E-state index contributed by atoms with van der Waals surface area (Å²) >= 11 is 0. The average molecular weight is 330 g/mol. The van der Waals surface area contributed by atoms with Gasteiger partial charge in [-0.25, -0.2) is 4.79 Å². The van der Waals surface area contributed by atoms with Gasteiger partial charge >= 0.3 is 5.97 Å². The van der Waals surface area contributed by atoms with Crippen molar-refractivity contribution in [2.24, 2.45) is 0 Å². The van der Waals surface area contributed by atoms with Crippen molar-refractivity contribution in [3.63, 3.8) is 0 Å². The number of non-ortho nitro benzene ring substituents is 1. The Morgan fingerprint density at radius 2 is 1.88 bits per heavy atom. The van der Waals surface area contributed by atoms with Gasteiger partial charge in [-0.2, -0.15) is 0 Å². The predicted molar refractivity (Wildman–Crippen MR) is 83.6 cm³/mol. The topological polar surface area (TPSA) is 119 Å². The standard InChI is InChI=1S/C16H14N2O6/c19-14(10-24-13-8-4-7-12(9-13)18(22)23)17-15(16(20)21)11-5-2-1-3-6-11/h1-9,15H,10H2,(H,17,19)(H,20,21)/t15-/m0/s1. The van der Waals surface area contributed by atoms with E-state index >= 15 is 0 Å². The highest BCUT2D eigenvalue weighted by Gasteiger charge is 2.22. The molecule has 2 N–H and O–H groups in total. The fourth-order valence-electron chi connectivity index (χ4n) is 1.97. The van der Waals surface area contributed by atoms with Crippen molar-refractivity contribution >= 4 is 17.6 Å². The number of carbonyl (C=O) groups excluding carboxylic acids is 1. The van der Waals surface area contributed by atoms with Gasteiger partial charge in [-0.1, -0.05) is 36.4 Å². The number of hydrogen-bond acceptors (Lipinski definition) is 5. The summed E-state index contributed by atoms with van der Waals surface area (Å²) in [4.78, 5) is 33.3. The molecule has 0 fully saturated rings. The molecule has 2 rings (SSSR count). The molecule has 0 aromatic heterocycles. The number of hydrogen-bond donors (Lipinski definition) is 2. The number of nitro groups is 1. The van der Waals surface area contributed by atoms with E-state index in [1.165, 1.54) is 24.3 Å². The lowest BCUT2D eigenvalue weighted by molar-refractivity contribution is -0.384. The molecule has 0 radical (unpaired) electrons. The van der Waals surface area contributed by atoms with Crippen LogP contribution in [0.15, 0.2) is 54.6 Å². The maximum Gasteiger partial charge on any atom is 0.330 e. The summed E-state index contributed by atoms with van der Waals surface area (Å²) < 4.78 is 5.17. The number of nitrogens with zero attached hydrogens (tertiary/aromatic N) is 1.